The van der Waals surface area contributed by atoms with Crippen molar-refractivity contribution in [2.24, 2.45) is 0 Å². The highest BCUT2D eigenvalue weighted by atomic mass is 79.9. The molecule has 0 saturated carbocycles. The zero-order valence-corrected chi connectivity index (χ0v) is 22.0. The number of benzene rings is 2. The van der Waals surface area contributed by atoms with Crippen molar-refractivity contribution in [1.29, 1.82) is 0 Å². The highest BCUT2D eigenvalue weighted by Crippen LogP contribution is 2.25. The maximum Gasteiger partial charge on any atom is 0.330 e. The van der Waals surface area contributed by atoms with Crippen molar-refractivity contribution in [3.63, 3.8) is 0 Å². The van der Waals surface area contributed by atoms with Gasteiger partial charge in [-0.1, -0.05) is 22.9 Å². The Morgan fingerprint density at radius 1 is 0.944 bits per heavy atom. The monoisotopic (exact) mass is 572 g/mol. The van der Waals surface area contributed by atoms with E-state index >= 15 is 0 Å². The van der Waals surface area contributed by atoms with Gasteiger partial charge in [-0.15, -0.1) is 0 Å². The summed E-state index contributed by atoms with van der Waals surface area (Å²) >= 11 is 3.43. The maximum atomic E-state index is 13.2. The van der Waals surface area contributed by atoms with Gasteiger partial charge in [0.25, 0.3) is 5.56 Å². The number of rotatable bonds is 6. The molecule has 2 N–H and O–H groups in total. The molecule has 36 heavy (non-hydrogen) atoms. The molecule has 10 nitrogen and oxygen atoms in total. The van der Waals surface area contributed by atoms with E-state index in [1.165, 1.54) is 16.4 Å². The minimum absolute atomic E-state index is 0.174. The molecule has 0 amide bonds. The summed E-state index contributed by atoms with van der Waals surface area (Å²) < 4.78 is 30.1. The van der Waals surface area contributed by atoms with Crippen LogP contribution < -0.4 is 16.1 Å². The first-order chi connectivity index (χ1) is 17.3. The second kappa shape index (κ2) is 9.68. The van der Waals surface area contributed by atoms with Gasteiger partial charge in [0.05, 0.1) is 4.90 Å². The molecule has 0 bridgehead atoms. The minimum Gasteiger partial charge on any atom is -0.369 e. The Bertz CT molecular complexity index is 1620. The average Bonchev–Trinajstić information content (AvgIpc) is 3.31. The average molecular weight is 573 g/mol. The van der Waals surface area contributed by atoms with Gasteiger partial charge in [-0.2, -0.15) is 4.31 Å². The third-order valence-electron chi connectivity index (χ3n) is 6.28. The van der Waals surface area contributed by atoms with Gasteiger partial charge in [-0.25, -0.2) is 18.2 Å². The van der Waals surface area contributed by atoms with Gasteiger partial charge < -0.3 is 9.88 Å². The number of sulfonamides is 1. The fourth-order valence-corrected chi connectivity index (χ4v) is 6.04. The summed E-state index contributed by atoms with van der Waals surface area (Å²) in [5.41, 5.74) is 1.11. The number of imidazole rings is 1. The third kappa shape index (κ3) is 4.51. The third-order valence-corrected chi connectivity index (χ3v) is 8.72. The predicted octanol–water partition coefficient (Wildman–Crippen LogP) is 2.76. The number of piperazine rings is 1. The minimum atomic E-state index is -3.65. The van der Waals surface area contributed by atoms with Gasteiger partial charge in [0.1, 0.15) is 11.3 Å². The van der Waals surface area contributed by atoms with Crippen molar-refractivity contribution in [3.05, 3.63) is 73.8 Å². The molecule has 0 spiro atoms. The molecule has 4 aromatic rings. The highest BCUT2D eigenvalue weighted by Gasteiger charge is 2.28. The molecule has 5 rings (SSSR count). The van der Waals surface area contributed by atoms with Crippen LogP contribution in [0.5, 0.6) is 0 Å². The summed E-state index contributed by atoms with van der Waals surface area (Å²) in [6.07, 6.45) is 0.644. The van der Waals surface area contributed by atoms with Crippen LogP contribution >= 0.6 is 15.9 Å². The van der Waals surface area contributed by atoms with Crippen molar-refractivity contribution < 1.29 is 8.42 Å². The zero-order valence-electron chi connectivity index (χ0n) is 19.6. The van der Waals surface area contributed by atoms with E-state index in [0.29, 0.717) is 50.5 Å². The lowest BCUT2D eigenvalue weighted by Gasteiger charge is -2.35. The molecule has 2 aromatic heterocycles. The van der Waals surface area contributed by atoms with E-state index < -0.39 is 21.3 Å². The first-order valence-corrected chi connectivity index (χ1v) is 13.8. The van der Waals surface area contributed by atoms with Crippen molar-refractivity contribution in [2.75, 3.05) is 31.1 Å². The molecule has 1 saturated heterocycles. The van der Waals surface area contributed by atoms with Crippen LogP contribution in [0.2, 0.25) is 0 Å². The van der Waals surface area contributed by atoms with Gasteiger partial charge in [-0.3, -0.25) is 14.3 Å². The molecule has 2 aromatic carbocycles. The molecular formula is C24H25BrN6O4S. The Morgan fingerprint density at radius 2 is 1.61 bits per heavy atom. The topological polar surface area (TPSA) is 124 Å². The Morgan fingerprint density at radius 3 is 2.25 bits per heavy atom. The summed E-state index contributed by atoms with van der Waals surface area (Å²) in [4.78, 5) is 37.1. The number of nitrogens with one attached hydrogen (secondary N) is 2. The fraction of sp³-hybridized carbons (Fsp3) is 0.292. The van der Waals surface area contributed by atoms with Crippen LogP contribution in [0.4, 0.5) is 5.69 Å². The van der Waals surface area contributed by atoms with E-state index in [-0.39, 0.29) is 16.1 Å². The molecule has 3 heterocycles. The normalized spacial score (nSPS) is 15.0. The number of aromatic amines is 2. The second-order valence-electron chi connectivity index (χ2n) is 8.59. The molecule has 0 aliphatic carbocycles. The molecule has 188 valence electrons. The van der Waals surface area contributed by atoms with E-state index in [0.717, 1.165) is 14.7 Å². The molecule has 12 heteroatoms. The van der Waals surface area contributed by atoms with Gasteiger partial charge in [0, 0.05) is 48.4 Å². The summed E-state index contributed by atoms with van der Waals surface area (Å²) in [6, 6.07) is 14.3. The molecular weight excluding hydrogens is 548 g/mol. The second-order valence-corrected chi connectivity index (χ2v) is 11.4. The van der Waals surface area contributed by atoms with Crippen LogP contribution in [-0.4, -0.2) is 58.4 Å². The quantitative estimate of drug-likeness (QED) is 0.366. The molecule has 0 atom stereocenters. The standard InChI is InChI=1S/C24H25BrN6O4S/c1-2-11-31-23(32)20-22(28-24(31)33)27-21(26-20)16-3-9-19(10-4-16)36(34,35)30-14-12-29(13-15-30)18-7-5-17(25)6-8-18/h3-10H,2,11-15H2,1H3,(H,26,27)(H,28,33). The largest absolute Gasteiger partial charge is 0.369 e. The van der Waals surface area contributed by atoms with E-state index in [2.05, 4.69) is 35.8 Å². The summed E-state index contributed by atoms with van der Waals surface area (Å²) in [5, 5.41) is 0. The van der Waals surface area contributed by atoms with E-state index in [1.54, 1.807) is 12.1 Å². The predicted molar refractivity (Wildman–Crippen MR) is 142 cm³/mol. The number of nitrogens with zero attached hydrogens (tertiary/aromatic N) is 4. The first kappa shape index (κ1) is 24.5. The zero-order chi connectivity index (χ0) is 25.4. The Labute approximate surface area is 215 Å². The van der Waals surface area contributed by atoms with E-state index in [4.69, 9.17) is 0 Å². The molecule has 1 aliphatic heterocycles. The van der Waals surface area contributed by atoms with Crippen molar-refractivity contribution >= 4 is 42.8 Å². The smallest absolute Gasteiger partial charge is 0.330 e. The number of halogens is 1. The summed E-state index contributed by atoms with van der Waals surface area (Å²) in [7, 11) is -3.65. The highest BCUT2D eigenvalue weighted by molar-refractivity contribution is 9.10. The molecule has 1 aliphatic rings. The van der Waals surface area contributed by atoms with Crippen LogP contribution in [0.1, 0.15) is 13.3 Å². The number of hydrogen-bond donors (Lipinski definition) is 2. The number of hydrogen-bond acceptors (Lipinski definition) is 6. The summed E-state index contributed by atoms with van der Waals surface area (Å²) in [5.74, 6) is 0.374. The van der Waals surface area contributed by atoms with E-state index in [1.807, 2.05) is 31.2 Å². The maximum absolute atomic E-state index is 13.2. The summed E-state index contributed by atoms with van der Waals surface area (Å²) in [6.45, 7) is 4.18. The number of anilines is 1. The number of fused-ring (bicyclic) bond motifs is 1. The van der Waals surface area contributed by atoms with Crippen LogP contribution in [0, 0.1) is 0 Å². The lowest BCUT2D eigenvalue weighted by Crippen LogP contribution is -2.48. The van der Waals surface area contributed by atoms with Crippen molar-refractivity contribution in [1.82, 2.24) is 23.8 Å². The van der Waals surface area contributed by atoms with Crippen molar-refractivity contribution in [3.8, 4) is 11.4 Å². The van der Waals surface area contributed by atoms with Gasteiger partial charge in [-0.05, 0) is 55.0 Å². The van der Waals surface area contributed by atoms with Crippen LogP contribution in [0.25, 0.3) is 22.6 Å². The van der Waals surface area contributed by atoms with Crippen molar-refractivity contribution in [2.45, 2.75) is 24.8 Å². The number of H-pyrrole nitrogens is 2. The lowest BCUT2D eigenvalue weighted by molar-refractivity contribution is 0.385. The molecule has 0 unspecified atom stereocenters. The fourth-order valence-electron chi connectivity index (χ4n) is 4.35. The molecule has 1 fully saturated rings. The Kier molecular flexibility index (Phi) is 6.58. The van der Waals surface area contributed by atoms with Gasteiger partial charge in [0.15, 0.2) is 5.65 Å². The lowest BCUT2D eigenvalue weighted by atomic mass is 10.2. The van der Waals surface area contributed by atoms with Gasteiger partial charge in [0.2, 0.25) is 10.0 Å². The first-order valence-electron chi connectivity index (χ1n) is 11.6. The van der Waals surface area contributed by atoms with Crippen LogP contribution in [-0.2, 0) is 16.6 Å². The Hall–Kier alpha value is -3.22. The SMILES string of the molecule is CCCn1c(=O)[nH]c2nc(-c3ccc(S(=O)(=O)N4CCN(c5ccc(Br)cc5)CC4)cc3)[nH]c2c1=O. The Balaban J connectivity index is 1.34. The number of aromatic nitrogens is 4. The van der Waals surface area contributed by atoms with E-state index in [9.17, 15) is 18.0 Å². The van der Waals surface area contributed by atoms with Gasteiger partial charge >= 0.3 is 5.69 Å². The van der Waals surface area contributed by atoms with Crippen LogP contribution in [0.3, 0.4) is 0 Å². The van der Waals surface area contributed by atoms with Crippen LogP contribution in [0.15, 0.2) is 67.5 Å². The molecule has 0 radical (unpaired) electrons.